The summed E-state index contributed by atoms with van der Waals surface area (Å²) in [6.07, 6.45) is 1.75. The summed E-state index contributed by atoms with van der Waals surface area (Å²) in [5, 5.41) is 19.1. The van der Waals surface area contributed by atoms with Crippen molar-refractivity contribution in [2.75, 3.05) is 10.2 Å². The Balaban J connectivity index is 1.57. The number of fused-ring (bicyclic) bond motifs is 2. The van der Waals surface area contributed by atoms with Gasteiger partial charge in [0, 0.05) is 18.2 Å². The van der Waals surface area contributed by atoms with Gasteiger partial charge in [0.15, 0.2) is 5.60 Å². The summed E-state index contributed by atoms with van der Waals surface area (Å²) in [6, 6.07) is 19.3. The van der Waals surface area contributed by atoms with Gasteiger partial charge in [-0.15, -0.1) is 0 Å². The van der Waals surface area contributed by atoms with Crippen LogP contribution in [-0.4, -0.2) is 26.7 Å². The lowest BCUT2D eigenvalue weighted by atomic mass is 9.84. The molecule has 0 aliphatic carbocycles. The van der Waals surface area contributed by atoms with E-state index in [-0.39, 0.29) is 5.91 Å². The predicted molar refractivity (Wildman–Crippen MR) is 138 cm³/mol. The van der Waals surface area contributed by atoms with Crippen molar-refractivity contribution in [3.8, 4) is 0 Å². The molecule has 2 heterocycles. The van der Waals surface area contributed by atoms with Crippen LogP contribution >= 0.6 is 0 Å². The molecule has 5 rings (SSSR count). The first-order chi connectivity index (χ1) is 17.2. The van der Waals surface area contributed by atoms with Gasteiger partial charge >= 0.3 is 0 Å². The molecule has 182 valence electrons. The van der Waals surface area contributed by atoms with E-state index in [0.29, 0.717) is 28.8 Å². The Morgan fingerprint density at radius 3 is 2.47 bits per heavy atom. The Labute approximate surface area is 209 Å². The minimum absolute atomic E-state index is 0.204. The molecule has 0 saturated carbocycles. The van der Waals surface area contributed by atoms with Crippen molar-refractivity contribution in [3.63, 3.8) is 0 Å². The molecule has 0 radical (unpaired) electrons. The number of hydrogen-bond acceptors (Lipinski definition) is 5. The highest BCUT2D eigenvalue weighted by atomic mass is 16.3. The van der Waals surface area contributed by atoms with Gasteiger partial charge in [0.1, 0.15) is 5.82 Å². The number of rotatable bonds is 4. The average molecular weight is 482 g/mol. The van der Waals surface area contributed by atoms with Gasteiger partial charge in [0.2, 0.25) is 0 Å². The topological polar surface area (TPSA) is 113 Å². The number of primary amides is 1. The van der Waals surface area contributed by atoms with Gasteiger partial charge in [-0.3, -0.25) is 14.3 Å². The zero-order chi connectivity index (χ0) is 25.6. The second kappa shape index (κ2) is 8.66. The number of amides is 2. The van der Waals surface area contributed by atoms with E-state index in [4.69, 9.17) is 5.73 Å². The van der Waals surface area contributed by atoms with Gasteiger partial charge in [-0.05, 0) is 54.3 Å². The SMILES string of the molecule is Cc1ccc2c(c1)Nc1c(cnn1C)CN2C(=O)c1ccc(C(O)(C(N)=O)c2ccccc2)cc1C. The molecule has 2 amide bonds. The van der Waals surface area contributed by atoms with Crippen molar-refractivity contribution < 1.29 is 14.7 Å². The van der Waals surface area contributed by atoms with Crippen LogP contribution in [0.3, 0.4) is 0 Å². The second-order valence-corrected chi connectivity index (χ2v) is 9.15. The monoisotopic (exact) mass is 481 g/mol. The van der Waals surface area contributed by atoms with Gasteiger partial charge in [-0.2, -0.15) is 5.10 Å². The van der Waals surface area contributed by atoms with Gasteiger partial charge in [-0.1, -0.05) is 48.5 Å². The molecular weight excluding hydrogens is 454 g/mol. The van der Waals surface area contributed by atoms with Crippen LogP contribution in [0.5, 0.6) is 0 Å². The van der Waals surface area contributed by atoms with Crippen LogP contribution in [-0.2, 0) is 24.0 Å². The maximum Gasteiger partial charge on any atom is 0.258 e. The molecule has 0 bridgehead atoms. The van der Waals surface area contributed by atoms with Crippen LogP contribution in [0.1, 0.15) is 38.2 Å². The normalized spacial score (nSPS) is 14.2. The number of carbonyl (C=O) groups is 2. The van der Waals surface area contributed by atoms with E-state index in [1.807, 2.05) is 32.2 Å². The summed E-state index contributed by atoms with van der Waals surface area (Å²) in [4.78, 5) is 28.0. The van der Waals surface area contributed by atoms with E-state index in [9.17, 15) is 14.7 Å². The number of carbonyl (C=O) groups excluding carboxylic acids is 2. The van der Waals surface area contributed by atoms with Crippen molar-refractivity contribution in [2.24, 2.45) is 12.8 Å². The first-order valence-electron chi connectivity index (χ1n) is 11.6. The predicted octanol–water partition coefficient (Wildman–Crippen LogP) is 3.66. The van der Waals surface area contributed by atoms with Crippen LogP contribution < -0.4 is 16.0 Å². The van der Waals surface area contributed by atoms with E-state index in [0.717, 1.165) is 28.3 Å². The molecule has 4 aromatic rings. The number of benzene rings is 3. The number of anilines is 3. The number of aryl methyl sites for hydroxylation is 3. The highest BCUT2D eigenvalue weighted by molar-refractivity contribution is 6.09. The molecule has 8 heteroatoms. The average Bonchev–Trinajstić information content (AvgIpc) is 3.11. The summed E-state index contributed by atoms with van der Waals surface area (Å²) in [5.41, 5.74) is 8.89. The number of nitrogens with one attached hydrogen (secondary N) is 1. The lowest BCUT2D eigenvalue weighted by molar-refractivity contribution is -0.133. The fourth-order valence-corrected chi connectivity index (χ4v) is 4.71. The summed E-state index contributed by atoms with van der Waals surface area (Å²) in [5.74, 6) is -0.261. The third kappa shape index (κ3) is 3.72. The lowest BCUT2D eigenvalue weighted by Gasteiger charge is -2.27. The molecule has 3 aromatic carbocycles. The van der Waals surface area contributed by atoms with Crippen molar-refractivity contribution >= 4 is 29.0 Å². The van der Waals surface area contributed by atoms with Crippen molar-refractivity contribution in [2.45, 2.75) is 26.0 Å². The molecule has 0 spiro atoms. The van der Waals surface area contributed by atoms with E-state index >= 15 is 0 Å². The van der Waals surface area contributed by atoms with E-state index in [1.165, 1.54) is 0 Å². The van der Waals surface area contributed by atoms with Gasteiger partial charge in [0.25, 0.3) is 11.8 Å². The Morgan fingerprint density at radius 1 is 1.03 bits per heavy atom. The molecule has 8 nitrogen and oxygen atoms in total. The fraction of sp³-hybridized carbons (Fsp3) is 0.179. The summed E-state index contributed by atoms with van der Waals surface area (Å²) in [6.45, 7) is 4.12. The summed E-state index contributed by atoms with van der Waals surface area (Å²) < 4.78 is 1.75. The highest BCUT2D eigenvalue weighted by Crippen LogP contribution is 2.38. The van der Waals surface area contributed by atoms with Crippen molar-refractivity contribution in [1.82, 2.24) is 9.78 Å². The van der Waals surface area contributed by atoms with E-state index in [2.05, 4.69) is 10.4 Å². The Morgan fingerprint density at radius 2 is 1.78 bits per heavy atom. The van der Waals surface area contributed by atoms with Crippen molar-refractivity contribution in [1.29, 1.82) is 0 Å². The molecule has 1 aromatic heterocycles. The zero-order valence-electron chi connectivity index (χ0n) is 20.3. The van der Waals surface area contributed by atoms with Gasteiger partial charge in [0.05, 0.1) is 24.1 Å². The van der Waals surface area contributed by atoms with Crippen molar-refractivity contribution in [3.05, 3.63) is 106 Å². The molecule has 0 fully saturated rings. The molecule has 1 unspecified atom stereocenters. The lowest BCUT2D eigenvalue weighted by Crippen LogP contribution is -2.42. The Kier molecular flexibility index (Phi) is 5.61. The van der Waals surface area contributed by atoms with Crippen LogP contribution in [0.25, 0.3) is 0 Å². The fourth-order valence-electron chi connectivity index (χ4n) is 4.71. The third-order valence-electron chi connectivity index (χ3n) is 6.71. The summed E-state index contributed by atoms with van der Waals surface area (Å²) >= 11 is 0. The summed E-state index contributed by atoms with van der Waals surface area (Å²) in [7, 11) is 1.86. The minimum Gasteiger partial charge on any atom is -0.372 e. The van der Waals surface area contributed by atoms with E-state index < -0.39 is 11.5 Å². The van der Waals surface area contributed by atoms with E-state index in [1.54, 1.807) is 71.2 Å². The molecule has 1 aliphatic heterocycles. The maximum atomic E-state index is 13.9. The highest BCUT2D eigenvalue weighted by Gasteiger charge is 2.38. The Hall–Kier alpha value is -4.43. The van der Waals surface area contributed by atoms with Gasteiger partial charge < -0.3 is 21.1 Å². The van der Waals surface area contributed by atoms with Crippen LogP contribution in [0, 0.1) is 13.8 Å². The number of nitrogens with two attached hydrogens (primary N) is 1. The maximum absolute atomic E-state index is 13.9. The van der Waals surface area contributed by atoms with Gasteiger partial charge in [-0.25, -0.2) is 0 Å². The number of aromatic nitrogens is 2. The number of hydrogen-bond donors (Lipinski definition) is 3. The first-order valence-corrected chi connectivity index (χ1v) is 11.6. The molecule has 36 heavy (non-hydrogen) atoms. The quantitative estimate of drug-likeness (QED) is 0.412. The largest absolute Gasteiger partial charge is 0.372 e. The van der Waals surface area contributed by atoms with Crippen LogP contribution in [0.2, 0.25) is 0 Å². The minimum atomic E-state index is -2.02. The number of nitrogens with zero attached hydrogens (tertiary/aromatic N) is 3. The Bertz CT molecular complexity index is 1490. The zero-order valence-corrected chi connectivity index (χ0v) is 20.3. The molecule has 4 N–H and O–H groups in total. The molecule has 1 aliphatic rings. The molecular formula is C28H27N5O3. The molecule has 1 atom stereocenters. The standard InChI is InChI=1S/C28H27N5O3/c1-17-9-12-24-23(13-17)31-25-19(15-30-32(25)3)16-33(24)26(34)22-11-10-21(14-18(22)2)28(36,27(29)35)20-7-5-4-6-8-20/h4-15,31,36H,16H2,1-3H3,(H2,29,35). The van der Waals surface area contributed by atoms with Crippen LogP contribution in [0.4, 0.5) is 17.2 Å². The van der Waals surface area contributed by atoms with Crippen LogP contribution in [0.15, 0.2) is 72.9 Å². The first kappa shape index (κ1) is 23.3. The second-order valence-electron chi connectivity index (χ2n) is 9.15. The number of aliphatic hydroxyl groups is 1. The smallest absolute Gasteiger partial charge is 0.258 e. The third-order valence-corrected chi connectivity index (χ3v) is 6.71. The molecule has 0 saturated heterocycles.